The van der Waals surface area contributed by atoms with Crippen molar-refractivity contribution in [3.63, 3.8) is 0 Å². The molecular weight excluding hydrogens is 404 g/mol. The average Bonchev–Trinajstić information content (AvgIpc) is 3.56. The molecule has 31 heavy (non-hydrogen) atoms. The van der Waals surface area contributed by atoms with E-state index in [0.29, 0.717) is 35.2 Å². The van der Waals surface area contributed by atoms with Crippen LogP contribution < -0.4 is 9.47 Å². The molecule has 0 saturated carbocycles. The van der Waals surface area contributed by atoms with Gasteiger partial charge in [0.15, 0.2) is 24.7 Å². The number of nitrogens with zero attached hydrogens (tertiary/aromatic N) is 2. The Kier molecular flexibility index (Phi) is 6.02. The van der Waals surface area contributed by atoms with Gasteiger partial charge in [-0.25, -0.2) is 9.80 Å². The van der Waals surface area contributed by atoms with Crippen molar-refractivity contribution in [2.24, 2.45) is 5.10 Å². The SMILES string of the molecule is COc1ccccc1OCC(=O)OCC(=O)N1N=C(c2ccco2)CC1c1ccco1. The van der Waals surface area contributed by atoms with Gasteiger partial charge in [0, 0.05) is 6.42 Å². The van der Waals surface area contributed by atoms with Crippen LogP contribution in [0.4, 0.5) is 0 Å². The molecule has 1 unspecified atom stereocenters. The van der Waals surface area contributed by atoms with E-state index in [4.69, 9.17) is 23.0 Å². The lowest BCUT2D eigenvalue weighted by Gasteiger charge is -2.19. The number of hydrogen-bond donors (Lipinski definition) is 0. The highest BCUT2D eigenvalue weighted by atomic mass is 16.6. The van der Waals surface area contributed by atoms with Gasteiger partial charge in [-0.15, -0.1) is 0 Å². The smallest absolute Gasteiger partial charge is 0.344 e. The Morgan fingerprint density at radius 3 is 2.52 bits per heavy atom. The number of furan rings is 2. The normalized spacial score (nSPS) is 15.5. The van der Waals surface area contributed by atoms with Crippen LogP contribution in [0.25, 0.3) is 0 Å². The molecule has 2 aromatic heterocycles. The zero-order chi connectivity index (χ0) is 21.6. The molecule has 0 spiro atoms. The molecule has 0 aliphatic carbocycles. The number of benzene rings is 1. The molecule has 4 rings (SSSR count). The molecule has 9 heteroatoms. The van der Waals surface area contributed by atoms with E-state index in [1.807, 2.05) is 0 Å². The topological polar surface area (TPSA) is 104 Å². The van der Waals surface area contributed by atoms with Crippen molar-refractivity contribution >= 4 is 17.6 Å². The summed E-state index contributed by atoms with van der Waals surface area (Å²) in [5.74, 6) is 0.846. The second-order valence-electron chi connectivity index (χ2n) is 6.60. The highest BCUT2D eigenvalue weighted by Crippen LogP contribution is 2.33. The van der Waals surface area contributed by atoms with Gasteiger partial charge in [-0.05, 0) is 36.4 Å². The number of esters is 1. The summed E-state index contributed by atoms with van der Waals surface area (Å²) in [6, 6.07) is 13.5. The molecule has 1 amide bonds. The van der Waals surface area contributed by atoms with E-state index < -0.39 is 24.5 Å². The predicted octanol–water partition coefficient (Wildman–Crippen LogP) is 3.18. The lowest BCUT2D eigenvalue weighted by Crippen LogP contribution is -2.32. The summed E-state index contributed by atoms with van der Waals surface area (Å²) in [7, 11) is 1.50. The van der Waals surface area contributed by atoms with E-state index in [-0.39, 0.29) is 6.61 Å². The first-order valence-corrected chi connectivity index (χ1v) is 9.54. The molecule has 0 radical (unpaired) electrons. The van der Waals surface area contributed by atoms with E-state index in [9.17, 15) is 9.59 Å². The van der Waals surface area contributed by atoms with E-state index in [2.05, 4.69) is 5.10 Å². The molecule has 9 nitrogen and oxygen atoms in total. The van der Waals surface area contributed by atoms with Gasteiger partial charge in [0.1, 0.15) is 23.3 Å². The molecule has 1 atom stereocenters. The first-order valence-electron chi connectivity index (χ1n) is 9.54. The molecule has 1 aliphatic heterocycles. The average molecular weight is 424 g/mol. The van der Waals surface area contributed by atoms with Crippen LogP contribution in [0.5, 0.6) is 11.5 Å². The summed E-state index contributed by atoms with van der Waals surface area (Å²) >= 11 is 0. The van der Waals surface area contributed by atoms with Gasteiger partial charge in [0.2, 0.25) is 0 Å². The van der Waals surface area contributed by atoms with E-state index in [1.165, 1.54) is 24.6 Å². The summed E-state index contributed by atoms with van der Waals surface area (Å²) in [5, 5.41) is 5.62. The van der Waals surface area contributed by atoms with E-state index in [1.54, 1.807) is 48.5 Å². The number of carbonyl (C=O) groups is 2. The summed E-state index contributed by atoms with van der Waals surface area (Å²) in [5.41, 5.74) is 0.602. The maximum atomic E-state index is 12.8. The van der Waals surface area contributed by atoms with Crippen molar-refractivity contribution in [3.05, 3.63) is 72.6 Å². The molecule has 0 N–H and O–H groups in total. The summed E-state index contributed by atoms with van der Waals surface area (Å²) in [4.78, 5) is 24.8. The van der Waals surface area contributed by atoms with Gasteiger partial charge in [-0.3, -0.25) is 4.79 Å². The standard InChI is InChI=1S/C22H20N2O7/c1-27-19-6-2-3-7-20(19)30-14-22(26)31-13-21(25)24-16(18-9-5-11-29-18)12-15(23-24)17-8-4-10-28-17/h2-11,16H,12-14H2,1H3. The molecule has 0 saturated heterocycles. The largest absolute Gasteiger partial charge is 0.493 e. The fraction of sp³-hybridized carbons (Fsp3) is 0.227. The number of amides is 1. The Hall–Kier alpha value is -4.01. The maximum absolute atomic E-state index is 12.8. The predicted molar refractivity (Wildman–Crippen MR) is 108 cm³/mol. The minimum Gasteiger partial charge on any atom is -0.493 e. The van der Waals surface area contributed by atoms with Crippen molar-refractivity contribution < 1.29 is 32.6 Å². The molecule has 0 bridgehead atoms. The monoisotopic (exact) mass is 424 g/mol. The number of rotatable bonds is 8. The van der Waals surface area contributed by atoms with Crippen molar-refractivity contribution in [3.8, 4) is 11.5 Å². The Morgan fingerprint density at radius 2 is 1.81 bits per heavy atom. The van der Waals surface area contributed by atoms with Gasteiger partial charge < -0.3 is 23.0 Å². The van der Waals surface area contributed by atoms with Gasteiger partial charge in [0.05, 0.1) is 19.6 Å². The number of hydrazone groups is 1. The molecule has 3 heterocycles. The van der Waals surface area contributed by atoms with Crippen LogP contribution in [0.15, 0.2) is 75.0 Å². The third-order valence-electron chi connectivity index (χ3n) is 4.61. The number of methoxy groups -OCH3 is 1. The van der Waals surface area contributed by atoms with Crippen LogP contribution in [0.2, 0.25) is 0 Å². The number of para-hydroxylation sites is 2. The molecule has 1 aliphatic rings. The Balaban J connectivity index is 1.37. The maximum Gasteiger partial charge on any atom is 0.344 e. The highest BCUT2D eigenvalue weighted by Gasteiger charge is 2.36. The fourth-order valence-electron chi connectivity index (χ4n) is 3.16. The third-order valence-corrected chi connectivity index (χ3v) is 4.61. The Bertz CT molecular complexity index is 1060. The molecular formula is C22H20N2O7. The number of ether oxygens (including phenoxy) is 3. The lowest BCUT2D eigenvalue weighted by atomic mass is 10.1. The minimum absolute atomic E-state index is 0.365. The molecule has 160 valence electrons. The molecule has 0 fully saturated rings. The zero-order valence-electron chi connectivity index (χ0n) is 16.7. The lowest BCUT2D eigenvalue weighted by molar-refractivity contribution is -0.154. The van der Waals surface area contributed by atoms with Gasteiger partial charge in [-0.1, -0.05) is 12.1 Å². The fourth-order valence-corrected chi connectivity index (χ4v) is 3.16. The van der Waals surface area contributed by atoms with Crippen LogP contribution in [-0.2, 0) is 14.3 Å². The van der Waals surface area contributed by atoms with Gasteiger partial charge >= 0.3 is 5.97 Å². The zero-order valence-corrected chi connectivity index (χ0v) is 16.7. The van der Waals surface area contributed by atoms with Crippen molar-refractivity contribution in [1.29, 1.82) is 0 Å². The quantitative estimate of drug-likeness (QED) is 0.512. The minimum atomic E-state index is -0.691. The van der Waals surface area contributed by atoms with E-state index >= 15 is 0 Å². The molecule has 3 aromatic rings. The van der Waals surface area contributed by atoms with Gasteiger partial charge in [-0.2, -0.15) is 5.10 Å². The van der Waals surface area contributed by atoms with Crippen LogP contribution in [-0.4, -0.2) is 42.9 Å². The Morgan fingerprint density at radius 1 is 1.03 bits per heavy atom. The second-order valence-corrected chi connectivity index (χ2v) is 6.60. The molecule has 1 aromatic carbocycles. The second kappa shape index (κ2) is 9.21. The van der Waals surface area contributed by atoms with Gasteiger partial charge in [0.25, 0.3) is 5.91 Å². The third kappa shape index (κ3) is 4.61. The first kappa shape index (κ1) is 20.3. The van der Waals surface area contributed by atoms with Crippen LogP contribution in [0.3, 0.4) is 0 Å². The van der Waals surface area contributed by atoms with Crippen LogP contribution in [0, 0.1) is 0 Å². The van der Waals surface area contributed by atoms with Crippen molar-refractivity contribution in [2.75, 3.05) is 20.3 Å². The summed E-state index contributed by atoms with van der Waals surface area (Å²) in [6.07, 6.45) is 3.48. The van der Waals surface area contributed by atoms with Crippen molar-refractivity contribution in [1.82, 2.24) is 5.01 Å². The summed E-state index contributed by atoms with van der Waals surface area (Å²) < 4.78 is 26.5. The highest BCUT2D eigenvalue weighted by molar-refractivity contribution is 6.01. The number of hydrogen-bond acceptors (Lipinski definition) is 8. The summed E-state index contributed by atoms with van der Waals surface area (Å²) in [6.45, 7) is -0.851. The Labute approximate surface area is 177 Å². The van der Waals surface area contributed by atoms with Crippen LogP contribution >= 0.6 is 0 Å². The number of carbonyl (C=O) groups excluding carboxylic acids is 2. The van der Waals surface area contributed by atoms with Crippen LogP contribution in [0.1, 0.15) is 24.0 Å². The van der Waals surface area contributed by atoms with E-state index in [0.717, 1.165) is 0 Å². The first-order chi connectivity index (χ1) is 15.2. The van der Waals surface area contributed by atoms with Crippen molar-refractivity contribution in [2.45, 2.75) is 12.5 Å².